The molecule has 4 nitrogen and oxygen atoms in total. The van der Waals surface area contributed by atoms with Crippen molar-refractivity contribution in [2.24, 2.45) is 7.05 Å². The number of ether oxygens (including phenoxy) is 1. The number of piperidine rings is 1. The Bertz CT molecular complexity index is 733. The number of nitrogens with one attached hydrogen (secondary N) is 1. The summed E-state index contributed by atoms with van der Waals surface area (Å²) >= 11 is 0. The quantitative estimate of drug-likeness (QED) is 0.878. The molecule has 0 aliphatic carbocycles. The van der Waals surface area contributed by atoms with Gasteiger partial charge in [0.1, 0.15) is 12.3 Å². The van der Waals surface area contributed by atoms with E-state index in [1.165, 1.54) is 24.2 Å². The molecule has 1 N–H and O–H groups in total. The monoisotopic (exact) mass is 315 g/mol. The molecule has 0 spiro atoms. The Kier molecular flexibility index (Phi) is 4.44. The lowest BCUT2D eigenvalue weighted by molar-refractivity contribution is -0.920. The van der Waals surface area contributed by atoms with Crippen molar-refractivity contribution in [1.82, 2.24) is 4.57 Å². The Hall–Kier alpha value is -1.81. The Morgan fingerprint density at radius 1 is 1.39 bits per heavy atom. The molecule has 1 fully saturated rings. The normalized spacial score (nSPS) is 21.6. The highest BCUT2D eigenvalue weighted by molar-refractivity contribution is 6.10. The predicted molar refractivity (Wildman–Crippen MR) is 92.5 cm³/mol. The van der Waals surface area contributed by atoms with E-state index in [0.29, 0.717) is 12.6 Å². The van der Waals surface area contributed by atoms with Crippen molar-refractivity contribution in [3.63, 3.8) is 0 Å². The zero-order valence-corrected chi connectivity index (χ0v) is 14.6. The number of quaternary nitrogens is 1. The van der Waals surface area contributed by atoms with Crippen LogP contribution in [0.1, 0.15) is 42.2 Å². The first-order chi connectivity index (χ1) is 11.0. The number of rotatable bonds is 4. The van der Waals surface area contributed by atoms with E-state index in [9.17, 15) is 4.79 Å². The lowest BCUT2D eigenvalue weighted by Crippen LogP contribution is -3.16. The predicted octanol–water partition coefficient (Wildman–Crippen LogP) is 2.14. The number of nitrogens with zero attached hydrogens (tertiary/aromatic N) is 1. The molecule has 23 heavy (non-hydrogen) atoms. The maximum atomic E-state index is 13.0. The smallest absolute Gasteiger partial charge is 0.219 e. The van der Waals surface area contributed by atoms with Crippen molar-refractivity contribution in [3.05, 3.63) is 29.5 Å². The van der Waals surface area contributed by atoms with E-state index in [4.69, 9.17) is 4.74 Å². The van der Waals surface area contributed by atoms with E-state index < -0.39 is 0 Å². The number of ketones is 1. The van der Waals surface area contributed by atoms with Crippen LogP contribution in [-0.4, -0.2) is 36.6 Å². The first-order valence-electron chi connectivity index (χ1n) is 8.53. The van der Waals surface area contributed by atoms with Gasteiger partial charge in [0.2, 0.25) is 5.78 Å². The standard InChI is InChI=1S/C19H26N2O2/c1-13-7-5-6-10-21(13)12-18(22)19-14(2)20(3)17-9-8-15(23-4)11-16(17)19/h8-9,11,13H,5-7,10,12H2,1-4H3/p+1/t13-/m1/s1. The third-order valence-corrected chi connectivity index (χ3v) is 5.45. The molecule has 124 valence electrons. The van der Waals surface area contributed by atoms with Crippen LogP contribution in [0.25, 0.3) is 10.9 Å². The minimum Gasteiger partial charge on any atom is -0.497 e. The Morgan fingerprint density at radius 2 is 2.17 bits per heavy atom. The van der Waals surface area contributed by atoms with E-state index in [1.807, 2.05) is 32.2 Å². The van der Waals surface area contributed by atoms with Crippen molar-refractivity contribution < 1.29 is 14.4 Å². The van der Waals surface area contributed by atoms with Crippen molar-refractivity contribution in [2.75, 3.05) is 20.2 Å². The number of fused-ring (bicyclic) bond motifs is 1. The fourth-order valence-electron chi connectivity index (χ4n) is 3.84. The number of methoxy groups -OCH3 is 1. The van der Waals surface area contributed by atoms with Gasteiger partial charge in [0, 0.05) is 23.6 Å². The van der Waals surface area contributed by atoms with Gasteiger partial charge in [-0.3, -0.25) is 4.79 Å². The van der Waals surface area contributed by atoms with Crippen LogP contribution in [0, 0.1) is 6.92 Å². The summed E-state index contributed by atoms with van der Waals surface area (Å²) in [5, 5.41) is 1.01. The highest BCUT2D eigenvalue weighted by Gasteiger charge is 2.27. The number of likely N-dealkylation sites (tertiary alicyclic amines) is 1. The fraction of sp³-hybridized carbons (Fsp3) is 0.526. The van der Waals surface area contributed by atoms with Crippen molar-refractivity contribution >= 4 is 16.7 Å². The molecular weight excluding hydrogens is 288 g/mol. The van der Waals surface area contributed by atoms with Crippen molar-refractivity contribution in [1.29, 1.82) is 0 Å². The maximum absolute atomic E-state index is 13.0. The molecule has 4 heteroatoms. The zero-order valence-electron chi connectivity index (χ0n) is 14.6. The summed E-state index contributed by atoms with van der Waals surface area (Å²) in [5.74, 6) is 1.06. The van der Waals surface area contributed by atoms with Crippen LogP contribution in [0.4, 0.5) is 0 Å². The first kappa shape index (κ1) is 16.1. The van der Waals surface area contributed by atoms with E-state index in [-0.39, 0.29) is 5.78 Å². The molecule has 0 saturated carbocycles. The van der Waals surface area contributed by atoms with E-state index in [1.54, 1.807) is 7.11 Å². The molecule has 1 saturated heterocycles. The Labute approximate surface area is 138 Å². The molecule has 2 heterocycles. The third kappa shape index (κ3) is 2.88. The summed E-state index contributed by atoms with van der Waals surface area (Å²) in [6.45, 7) is 6.01. The topological polar surface area (TPSA) is 35.7 Å². The Balaban J connectivity index is 1.97. The molecule has 3 rings (SSSR count). The summed E-state index contributed by atoms with van der Waals surface area (Å²) in [6, 6.07) is 6.56. The summed E-state index contributed by atoms with van der Waals surface area (Å²) < 4.78 is 7.46. The van der Waals surface area contributed by atoms with Gasteiger partial charge in [0.15, 0.2) is 0 Å². The van der Waals surface area contributed by atoms with Gasteiger partial charge in [-0.25, -0.2) is 0 Å². The van der Waals surface area contributed by atoms with Crippen LogP contribution in [0.5, 0.6) is 5.75 Å². The lowest BCUT2D eigenvalue weighted by Gasteiger charge is -2.29. The van der Waals surface area contributed by atoms with Gasteiger partial charge in [-0.15, -0.1) is 0 Å². The number of carbonyl (C=O) groups is 1. The second-order valence-electron chi connectivity index (χ2n) is 6.81. The van der Waals surface area contributed by atoms with Crippen molar-refractivity contribution in [3.8, 4) is 5.75 Å². The Morgan fingerprint density at radius 3 is 2.87 bits per heavy atom. The van der Waals surface area contributed by atoms with E-state index in [2.05, 4.69) is 11.5 Å². The summed E-state index contributed by atoms with van der Waals surface area (Å²) in [6.07, 6.45) is 3.75. The molecule has 1 unspecified atom stereocenters. The van der Waals surface area contributed by atoms with Crippen LogP contribution in [-0.2, 0) is 7.05 Å². The number of aryl methyl sites for hydroxylation is 1. The first-order valence-corrected chi connectivity index (χ1v) is 8.53. The molecule has 2 atom stereocenters. The number of aromatic nitrogens is 1. The van der Waals surface area contributed by atoms with Gasteiger partial charge in [-0.1, -0.05) is 0 Å². The van der Waals surface area contributed by atoms with Gasteiger partial charge in [-0.05, 0) is 51.3 Å². The molecular formula is C19H27N2O2+. The van der Waals surface area contributed by atoms with Crippen LogP contribution in [0.3, 0.4) is 0 Å². The van der Waals surface area contributed by atoms with Crippen LogP contribution in [0.15, 0.2) is 18.2 Å². The zero-order chi connectivity index (χ0) is 16.6. The minimum atomic E-state index is 0.255. The summed E-state index contributed by atoms with van der Waals surface area (Å²) in [7, 11) is 3.69. The molecule has 1 aromatic heterocycles. The largest absolute Gasteiger partial charge is 0.497 e. The van der Waals surface area contributed by atoms with Crippen LogP contribution < -0.4 is 9.64 Å². The van der Waals surface area contributed by atoms with Gasteiger partial charge < -0.3 is 14.2 Å². The summed E-state index contributed by atoms with van der Waals surface area (Å²) in [5.41, 5.74) is 3.00. The summed E-state index contributed by atoms with van der Waals surface area (Å²) in [4.78, 5) is 14.5. The molecule has 1 aliphatic rings. The second-order valence-corrected chi connectivity index (χ2v) is 6.81. The number of benzene rings is 1. The average molecular weight is 315 g/mol. The highest BCUT2D eigenvalue weighted by atomic mass is 16.5. The minimum absolute atomic E-state index is 0.255. The lowest BCUT2D eigenvalue weighted by atomic mass is 10.0. The SMILES string of the molecule is COc1ccc2c(c1)c(C(=O)C[NH+]1CCCC[C@H]1C)c(C)n2C. The number of hydrogen-bond donors (Lipinski definition) is 1. The molecule has 0 radical (unpaired) electrons. The number of Topliss-reactive ketones (excluding diaryl/α,β-unsaturated/α-hetero) is 1. The fourth-order valence-corrected chi connectivity index (χ4v) is 3.84. The van der Waals surface area contributed by atoms with Crippen LogP contribution in [0.2, 0.25) is 0 Å². The number of carbonyl (C=O) groups excluding carboxylic acids is 1. The van der Waals surface area contributed by atoms with Crippen molar-refractivity contribution in [2.45, 2.75) is 39.2 Å². The van der Waals surface area contributed by atoms with Gasteiger partial charge >= 0.3 is 0 Å². The molecule has 0 amide bonds. The molecule has 1 aromatic carbocycles. The second kappa shape index (κ2) is 6.36. The molecule has 1 aliphatic heterocycles. The average Bonchev–Trinajstić information content (AvgIpc) is 2.80. The van der Waals surface area contributed by atoms with Crippen LogP contribution >= 0.6 is 0 Å². The van der Waals surface area contributed by atoms with Gasteiger partial charge in [-0.2, -0.15) is 0 Å². The van der Waals surface area contributed by atoms with Gasteiger partial charge in [0.25, 0.3) is 0 Å². The number of hydrogen-bond acceptors (Lipinski definition) is 2. The highest BCUT2D eigenvalue weighted by Crippen LogP contribution is 2.28. The third-order valence-electron chi connectivity index (χ3n) is 5.45. The maximum Gasteiger partial charge on any atom is 0.219 e. The molecule has 2 aromatic rings. The van der Waals surface area contributed by atoms with Gasteiger partial charge in [0.05, 0.1) is 25.3 Å². The van der Waals surface area contributed by atoms with E-state index in [0.717, 1.165) is 34.5 Å². The van der Waals surface area contributed by atoms with E-state index >= 15 is 0 Å². The molecule has 0 bridgehead atoms.